The van der Waals surface area contributed by atoms with Gasteiger partial charge in [0, 0.05) is 45.4 Å². The van der Waals surface area contributed by atoms with Crippen LogP contribution in [0.5, 0.6) is 0 Å². The zero-order valence-electron chi connectivity index (χ0n) is 16.7. The van der Waals surface area contributed by atoms with Crippen LogP contribution in [0, 0.1) is 18.8 Å². The number of aromatic nitrogens is 2. The zero-order chi connectivity index (χ0) is 20.9. The number of carbonyl (C=O) groups excluding carboxylic acids is 2. The molecule has 3 atom stereocenters. The molecule has 0 radical (unpaired) electrons. The smallest absolute Gasteiger partial charge is 0.282 e. The lowest BCUT2D eigenvalue weighted by Gasteiger charge is -2.30. The molecule has 2 amide bonds. The molecular weight excluding hydrogens is 378 g/mol. The van der Waals surface area contributed by atoms with Crippen LogP contribution in [-0.2, 0) is 11.8 Å². The van der Waals surface area contributed by atoms with Crippen molar-refractivity contribution in [3.63, 3.8) is 0 Å². The Bertz CT molecular complexity index is 958. The number of hydrogen-bond acceptors (Lipinski definition) is 3. The van der Waals surface area contributed by atoms with Crippen molar-refractivity contribution < 1.29 is 18.4 Å². The van der Waals surface area contributed by atoms with Gasteiger partial charge in [0.25, 0.3) is 12.3 Å². The Morgan fingerprint density at radius 1 is 1.17 bits per heavy atom. The second-order valence-corrected chi connectivity index (χ2v) is 7.99. The van der Waals surface area contributed by atoms with Gasteiger partial charge in [-0.1, -0.05) is 24.3 Å². The summed E-state index contributed by atoms with van der Waals surface area (Å²) in [4.78, 5) is 28.9. The maximum atomic E-state index is 13.0. The van der Waals surface area contributed by atoms with E-state index in [2.05, 4.69) is 5.10 Å². The molecule has 1 aromatic heterocycles. The lowest BCUT2D eigenvalue weighted by atomic mass is 9.87. The van der Waals surface area contributed by atoms with Crippen molar-refractivity contribution in [2.45, 2.75) is 26.3 Å². The van der Waals surface area contributed by atoms with Crippen LogP contribution < -0.4 is 0 Å². The van der Waals surface area contributed by atoms with E-state index in [0.717, 1.165) is 11.1 Å². The summed E-state index contributed by atoms with van der Waals surface area (Å²) in [6, 6.07) is 9.09. The highest BCUT2D eigenvalue weighted by atomic mass is 19.3. The monoisotopic (exact) mass is 402 g/mol. The van der Waals surface area contributed by atoms with Crippen LogP contribution in [0.3, 0.4) is 0 Å². The third-order valence-corrected chi connectivity index (χ3v) is 6.20. The van der Waals surface area contributed by atoms with Crippen molar-refractivity contribution in [1.29, 1.82) is 0 Å². The molecule has 2 aliphatic rings. The molecule has 2 saturated heterocycles. The van der Waals surface area contributed by atoms with Crippen molar-refractivity contribution in [1.82, 2.24) is 19.6 Å². The molecule has 2 fully saturated rings. The number of rotatable bonds is 3. The normalized spacial score (nSPS) is 23.7. The number of likely N-dealkylation sites (tertiary alicyclic amines) is 2. The minimum Gasteiger partial charge on any atom is -0.337 e. The van der Waals surface area contributed by atoms with Gasteiger partial charge in [0.1, 0.15) is 11.4 Å². The van der Waals surface area contributed by atoms with Gasteiger partial charge in [-0.3, -0.25) is 14.3 Å². The number of fused-ring (bicyclic) bond motifs is 1. The summed E-state index contributed by atoms with van der Waals surface area (Å²) in [6.07, 6.45) is -2.71. The Hall–Kier alpha value is -2.77. The topological polar surface area (TPSA) is 58.4 Å². The zero-order valence-corrected chi connectivity index (χ0v) is 16.7. The highest BCUT2D eigenvalue weighted by Crippen LogP contribution is 2.46. The molecule has 0 N–H and O–H groups in total. The highest BCUT2D eigenvalue weighted by molar-refractivity contribution is 5.93. The molecule has 0 spiro atoms. The Morgan fingerprint density at radius 3 is 2.52 bits per heavy atom. The Morgan fingerprint density at radius 2 is 1.90 bits per heavy atom. The molecule has 6 nitrogen and oxygen atoms in total. The quantitative estimate of drug-likeness (QED) is 0.793. The molecule has 154 valence electrons. The number of benzene rings is 1. The minimum atomic E-state index is -2.71. The molecule has 29 heavy (non-hydrogen) atoms. The number of carbonyl (C=O) groups is 2. The van der Waals surface area contributed by atoms with Crippen LogP contribution in [-0.4, -0.2) is 51.0 Å². The lowest BCUT2D eigenvalue weighted by molar-refractivity contribution is -0.130. The fourth-order valence-corrected chi connectivity index (χ4v) is 4.81. The fourth-order valence-electron chi connectivity index (χ4n) is 4.81. The first-order chi connectivity index (χ1) is 13.8. The van der Waals surface area contributed by atoms with Crippen molar-refractivity contribution in [3.05, 3.63) is 52.8 Å². The second-order valence-electron chi connectivity index (χ2n) is 7.99. The summed E-state index contributed by atoms with van der Waals surface area (Å²) in [6.45, 7) is 5.19. The Kier molecular flexibility index (Phi) is 4.88. The van der Waals surface area contributed by atoms with Gasteiger partial charge in [0.15, 0.2) is 0 Å². The number of nitrogens with zero attached hydrogens (tertiary/aromatic N) is 4. The molecule has 3 heterocycles. The van der Waals surface area contributed by atoms with Crippen LogP contribution in [0.15, 0.2) is 30.3 Å². The predicted molar refractivity (Wildman–Crippen MR) is 102 cm³/mol. The SMILES string of the molecule is CC(=O)N1C[C@H]2CN(C(=O)c3cc(C(F)F)nn3C)C[C@H]2[C@H]1c1ccccc1C. The van der Waals surface area contributed by atoms with Crippen molar-refractivity contribution in [3.8, 4) is 0 Å². The van der Waals surface area contributed by atoms with Gasteiger partial charge < -0.3 is 9.80 Å². The molecular formula is C21H24F2N4O2. The number of alkyl halides is 2. The first-order valence-electron chi connectivity index (χ1n) is 9.72. The number of aryl methyl sites for hydroxylation is 2. The van der Waals surface area contributed by atoms with Gasteiger partial charge in [-0.2, -0.15) is 5.10 Å². The van der Waals surface area contributed by atoms with E-state index < -0.39 is 12.1 Å². The van der Waals surface area contributed by atoms with E-state index in [9.17, 15) is 18.4 Å². The second kappa shape index (κ2) is 7.24. The van der Waals surface area contributed by atoms with Gasteiger partial charge in [-0.15, -0.1) is 0 Å². The largest absolute Gasteiger partial charge is 0.337 e. The van der Waals surface area contributed by atoms with E-state index in [1.807, 2.05) is 36.1 Å². The van der Waals surface area contributed by atoms with E-state index >= 15 is 0 Å². The predicted octanol–water partition coefficient (Wildman–Crippen LogP) is 2.96. The third kappa shape index (κ3) is 3.30. The lowest BCUT2D eigenvalue weighted by Crippen LogP contribution is -2.37. The third-order valence-electron chi connectivity index (χ3n) is 6.20. The molecule has 1 aromatic carbocycles. The molecule has 0 aliphatic carbocycles. The molecule has 2 aromatic rings. The van der Waals surface area contributed by atoms with E-state index in [4.69, 9.17) is 0 Å². The Balaban J connectivity index is 1.60. The van der Waals surface area contributed by atoms with Crippen LogP contribution in [0.1, 0.15) is 46.7 Å². The summed E-state index contributed by atoms with van der Waals surface area (Å²) in [5.74, 6) is 0.0138. The van der Waals surface area contributed by atoms with E-state index in [0.29, 0.717) is 19.6 Å². The summed E-state index contributed by atoms with van der Waals surface area (Å²) >= 11 is 0. The van der Waals surface area contributed by atoms with Crippen LogP contribution >= 0.6 is 0 Å². The van der Waals surface area contributed by atoms with E-state index in [1.54, 1.807) is 11.8 Å². The van der Waals surface area contributed by atoms with Crippen LogP contribution in [0.4, 0.5) is 8.78 Å². The number of amides is 2. The molecule has 2 aliphatic heterocycles. The summed E-state index contributed by atoms with van der Waals surface area (Å²) in [5.41, 5.74) is 1.99. The summed E-state index contributed by atoms with van der Waals surface area (Å²) in [7, 11) is 1.50. The van der Waals surface area contributed by atoms with E-state index in [1.165, 1.54) is 17.8 Å². The first-order valence-corrected chi connectivity index (χ1v) is 9.72. The van der Waals surface area contributed by atoms with Gasteiger partial charge in [-0.05, 0) is 24.1 Å². The first kappa shape index (κ1) is 19.5. The molecule has 0 bridgehead atoms. The van der Waals surface area contributed by atoms with Crippen LogP contribution in [0.25, 0.3) is 0 Å². The van der Waals surface area contributed by atoms with Gasteiger partial charge >= 0.3 is 0 Å². The van der Waals surface area contributed by atoms with Crippen LogP contribution in [0.2, 0.25) is 0 Å². The Labute approximate surface area is 168 Å². The number of hydrogen-bond donors (Lipinski definition) is 0. The molecule has 4 rings (SSSR count). The number of halogens is 2. The minimum absolute atomic E-state index is 0.0266. The average molecular weight is 402 g/mol. The van der Waals surface area contributed by atoms with Gasteiger partial charge in [0.2, 0.25) is 5.91 Å². The summed E-state index contributed by atoms with van der Waals surface area (Å²) in [5, 5.41) is 3.75. The van der Waals surface area contributed by atoms with Crippen molar-refractivity contribution in [2.24, 2.45) is 18.9 Å². The average Bonchev–Trinajstić information content (AvgIpc) is 3.34. The molecule has 0 saturated carbocycles. The molecule has 8 heteroatoms. The van der Waals surface area contributed by atoms with Gasteiger partial charge in [-0.25, -0.2) is 8.78 Å². The summed E-state index contributed by atoms with van der Waals surface area (Å²) < 4.78 is 27.1. The molecule has 0 unspecified atom stereocenters. The fraction of sp³-hybridized carbons (Fsp3) is 0.476. The van der Waals surface area contributed by atoms with E-state index in [-0.39, 0.29) is 35.4 Å². The van der Waals surface area contributed by atoms with Crippen molar-refractivity contribution in [2.75, 3.05) is 19.6 Å². The van der Waals surface area contributed by atoms with Crippen molar-refractivity contribution >= 4 is 11.8 Å². The standard InChI is InChI=1S/C21H24F2N4O2/c1-12-6-4-5-7-15(12)19-16-11-26(9-14(16)10-27(19)13(2)28)21(29)18-8-17(20(22)23)24-25(18)3/h4-8,14,16,19-20H,9-11H2,1-3H3/t14-,16-,19-/m1/s1. The van der Waals surface area contributed by atoms with Gasteiger partial charge in [0.05, 0.1) is 6.04 Å². The maximum absolute atomic E-state index is 13.0. The highest BCUT2D eigenvalue weighted by Gasteiger charge is 2.50. The maximum Gasteiger partial charge on any atom is 0.282 e.